The van der Waals surface area contributed by atoms with Gasteiger partial charge in [0.1, 0.15) is 10.8 Å². The van der Waals surface area contributed by atoms with Crippen molar-refractivity contribution in [3.63, 3.8) is 0 Å². The maximum absolute atomic E-state index is 13.8. The van der Waals surface area contributed by atoms with Crippen molar-refractivity contribution in [1.82, 2.24) is 4.90 Å². The van der Waals surface area contributed by atoms with Crippen molar-refractivity contribution in [3.8, 4) is 0 Å². The second-order valence-corrected chi connectivity index (χ2v) is 5.72. The SMILES string of the molecule is NC(=S)c1ccc(CN2CCSCC2)c(F)c1. The first kappa shape index (κ1) is 12.8. The van der Waals surface area contributed by atoms with E-state index in [1.807, 2.05) is 11.8 Å². The first-order valence-electron chi connectivity index (χ1n) is 5.55. The van der Waals surface area contributed by atoms with Gasteiger partial charge in [0.05, 0.1) is 0 Å². The maximum atomic E-state index is 13.8. The lowest BCUT2D eigenvalue weighted by atomic mass is 10.1. The number of nitrogens with zero attached hydrogens (tertiary/aromatic N) is 1. The first-order chi connectivity index (χ1) is 8.16. The molecule has 0 atom stereocenters. The quantitative estimate of drug-likeness (QED) is 0.851. The molecule has 0 aromatic heterocycles. The van der Waals surface area contributed by atoms with E-state index in [1.54, 1.807) is 12.1 Å². The van der Waals surface area contributed by atoms with Crippen LogP contribution in [0.5, 0.6) is 0 Å². The van der Waals surface area contributed by atoms with Gasteiger partial charge in [0.15, 0.2) is 0 Å². The predicted molar refractivity (Wildman–Crippen MR) is 74.9 cm³/mol. The standard InChI is InChI=1S/C12H15FN2S2/c13-11-7-9(12(14)16)1-2-10(11)8-15-3-5-17-6-4-15/h1-2,7H,3-6,8H2,(H2,14,16). The van der Waals surface area contributed by atoms with E-state index in [0.717, 1.165) is 30.2 Å². The molecule has 0 aliphatic carbocycles. The summed E-state index contributed by atoms with van der Waals surface area (Å²) in [6.45, 7) is 2.73. The third kappa shape index (κ3) is 3.40. The van der Waals surface area contributed by atoms with Crippen LogP contribution in [0.1, 0.15) is 11.1 Å². The van der Waals surface area contributed by atoms with Gasteiger partial charge in [-0.1, -0.05) is 24.4 Å². The van der Waals surface area contributed by atoms with Crippen LogP contribution >= 0.6 is 24.0 Å². The van der Waals surface area contributed by atoms with Crippen LogP contribution in [-0.2, 0) is 6.54 Å². The van der Waals surface area contributed by atoms with E-state index in [4.69, 9.17) is 18.0 Å². The van der Waals surface area contributed by atoms with Crippen LogP contribution in [0.15, 0.2) is 18.2 Å². The summed E-state index contributed by atoms with van der Waals surface area (Å²) in [4.78, 5) is 2.51. The number of hydrogen-bond donors (Lipinski definition) is 1. The molecule has 1 aliphatic rings. The Morgan fingerprint density at radius 3 is 2.71 bits per heavy atom. The Balaban J connectivity index is 2.08. The average molecular weight is 270 g/mol. The molecule has 2 nitrogen and oxygen atoms in total. The number of halogens is 1. The predicted octanol–water partition coefficient (Wildman–Crippen LogP) is 2.01. The molecular formula is C12H15FN2S2. The Hall–Kier alpha value is -0.650. The molecule has 1 saturated heterocycles. The van der Waals surface area contributed by atoms with Gasteiger partial charge in [-0.05, 0) is 6.07 Å². The molecule has 92 valence electrons. The number of thiocarbonyl (C=S) groups is 1. The fourth-order valence-electron chi connectivity index (χ4n) is 1.83. The van der Waals surface area contributed by atoms with Crippen LogP contribution in [0.25, 0.3) is 0 Å². The summed E-state index contributed by atoms with van der Waals surface area (Å²) in [6.07, 6.45) is 0. The molecule has 0 unspecified atom stereocenters. The molecule has 0 spiro atoms. The molecule has 1 aliphatic heterocycles. The third-order valence-electron chi connectivity index (χ3n) is 2.84. The molecule has 0 saturated carbocycles. The van der Waals surface area contributed by atoms with Crippen LogP contribution in [0.3, 0.4) is 0 Å². The molecule has 5 heteroatoms. The molecule has 1 fully saturated rings. The van der Waals surface area contributed by atoms with Crippen LogP contribution in [0.2, 0.25) is 0 Å². The zero-order chi connectivity index (χ0) is 12.3. The zero-order valence-electron chi connectivity index (χ0n) is 9.49. The van der Waals surface area contributed by atoms with Gasteiger partial charge in [0.25, 0.3) is 0 Å². The second-order valence-electron chi connectivity index (χ2n) is 4.06. The molecule has 17 heavy (non-hydrogen) atoms. The smallest absolute Gasteiger partial charge is 0.128 e. The first-order valence-corrected chi connectivity index (χ1v) is 7.11. The molecular weight excluding hydrogens is 255 g/mol. The van der Waals surface area contributed by atoms with Gasteiger partial charge in [0, 0.05) is 42.3 Å². The van der Waals surface area contributed by atoms with Gasteiger partial charge in [-0.25, -0.2) is 4.39 Å². The Morgan fingerprint density at radius 2 is 2.12 bits per heavy atom. The molecule has 2 rings (SSSR count). The highest BCUT2D eigenvalue weighted by atomic mass is 32.2. The van der Waals surface area contributed by atoms with Crippen LogP contribution in [0.4, 0.5) is 4.39 Å². The molecule has 2 N–H and O–H groups in total. The number of nitrogens with two attached hydrogens (primary N) is 1. The van der Waals surface area contributed by atoms with Crippen LogP contribution in [0, 0.1) is 5.82 Å². The van der Waals surface area contributed by atoms with Gasteiger partial charge < -0.3 is 5.73 Å². The number of hydrogen-bond acceptors (Lipinski definition) is 3. The lowest BCUT2D eigenvalue weighted by Gasteiger charge is -2.26. The third-order valence-corrected chi connectivity index (χ3v) is 4.01. The average Bonchev–Trinajstić information content (AvgIpc) is 2.33. The summed E-state index contributed by atoms with van der Waals surface area (Å²) in [5.41, 5.74) is 6.78. The minimum absolute atomic E-state index is 0.214. The van der Waals surface area contributed by atoms with Crippen molar-refractivity contribution in [1.29, 1.82) is 0 Å². The molecule has 0 radical (unpaired) electrons. The van der Waals surface area contributed by atoms with Crippen molar-refractivity contribution in [3.05, 3.63) is 35.1 Å². The molecule has 0 amide bonds. The van der Waals surface area contributed by atoms with Gasteiger partial charge >= 0.3 is 0 Å². The Morgan fingerprint density at radius 1 is 1.41 bits per heavy atom. The summed E-state index contributed by atoms with van der Waals surface area (Å²) in [5.74, 6) is 2.05. The fourth-order valence-corrected chi connectivity index (χ4v) is 2.93. The summed E-state index contributed by atoms with van der Waals surface area (Å²) in [6, 6.07) is 5.00. The highest BCUT2D eigenvalue weighted by Crippen LogP contribution is 2.16. The Labute approximate surface area is 110 Å². The lowest BCUT2D eigenvalue weighted by molar-refractivity contribution is 0.290. The van der Waals surface area contributed by atoms with E-state index in [1.165, 1.54) is 6.07 Å². The van der Waals surface area contributed by atoms with E-state index < -0.39 is 0 Å². The van der Waals surface area contributed by atoms with Crippen molar-refractivity contribution in [2.45, 2.75) is 6.54 Å². The van der Waals surface area contributed by atoms with E-state index in [0.29, 0.717) is 12.1 Å². The highest BCUT2D eigenvalue weighted by Gasteiger charge is 2.13. The van der Waals surface area contributed by atoms with E-state index >= 15 is 0 Å². The molecule has 0 bridgehead atoms. The molecule has 1 aromatic carbocycles. The van der Waals surface area contributed by atoms with Gasteiger partial charge in [0.2, 0.25) is 0 Å². The van der Waals surface area contributed by atoms with E-state index in [-0.39, 0.29) is 10.8 Å². The van der Waals surface area contributed by atoms with E-state index in [9.17, 15) is 4.39 Å². The minimum atomic E-state index is -0.214. The lowest BCUT2D eigenvalue weighted by Crippen LogP contribution is -2.32. The number of benzene rings is 1. The Bertz CT molecular complexity index is 417. The van der Waals surface area contributed by atoms with E-state index in [2.05, 4.69) is 4.90 Å². The molecule has 1 aromatic rings. The maximum Gasteiger partial charge on any atom is 0.128 e. The van der Waals surface area contributed by atoms with Crippen molar-refractivity contribution >= 4 is 29.0 Å². The molecule has 1 heterocycles. The van der Waals surface area contributed by atoms with Crippen LogP contribution < -0.4 is 5.73 Å². The van der Waals surface area contributed by atoms with Crippen LogP contribution in [-0.4, -0.2) is 34.5 Å². The number of rotatable bonds is 3. The van der Waals surface area contributed by atoms with Crippen molar-refractivity contribution in [2.24, 2.45) is 5.73 Å². The summed E-state index contributed by atoms with van der Waals surface area (Å²) >= 11 is 6.78. The van der Waals surface area contributed by atoms with Crippen molar-refractivity contribution in [2.75, 3.05) is 24.6 Å². The van der Waals surface area contributed by atoms with Gasteiger partial charge in [-0.2, -0.15) is 11.8 Å². The van der Waals surface area contributed by atoms with Gasteiger partial charge in [-0.15, -0.1) is 0 Å². The Kier molecular flexibility index (Phi) is 4.36. The normalized spacial score (nSPS) is 17.0. The largest absolute Gasteiger partial charge is 0.389 e. The van der Waals surface area contributed by atoms with Gasteiger partial charge in [-0.3, -0.25) is 4.90 Å². The second kappa shape index (κ2) is 5.80. The topological polar surface area (TPSA) is 29.3 Å². The summed E-state index contributed by atoms with van der Waals surface area (Å²) < 4.78 is 13.8. The highest BCUT2D eigenvalue weighted by molar-refractivity contribution is 7.99. The monoisotopic (exact) mass is 270 g/mol. The minimum Gasteiger partial charge on any atom is -0.389 e. The fraction of sp³-hybridized carbons (Fsp3) is 0.417. The van der Waals surface area contributed by atoms with Crippen molar-refractivity contribution < 1.29 is 4.39 Å². The summed E-state index contributed by atoms with van der Waals surface area (Å²) in [7, 11) is 0. The number of thioether (sulfide) groups is 1. The zero-order valence-corrected chi connectivity index (χ0v) is 11.1. The summed E-state index contributed by atoms with van der Waals surface area (Å²) in [5, 5.41) is 0.